The number of guanidine groups is 1. The number of halogens is 1. The minimum Gasteiger partial charge on any atom is -0.356 e. The molecule has 0 saturated carbocycles. The van der Waals surface area contributed by atoms with Crippen LogP contribution in [0.15, 0.2) is 35.3 Å². The Kier molecular flexibility index (Phi) is 11.6. The molecule has 2 N–H and O–H groups in total. The number of nitrogens with one attached hydrogen (secondary N) is 2. The molecular formula is C15H26IN3OS. The predicted octanol–water partition coefficient (Wildman–Crippen LogP) is 2.37. The molecule has 1 unspecified atom stereocenters. The lowest BCUT2D eigenvalue weighted by atomic mass is 10.2. The summed E-state index contributed by atoms with van der Waals surface area (Å²) in [5, 5.41) is 6.42. The lowest BCUT2D eigenvalue weighted by Crippen LogP contribution is -2.40. The van der Waals surface area contributed by atoms with Crippen LogP contribution in [0.1, 0.15) is 19.4 Å². The molecule has 4 nitrogen and oxygen atoms in total. The van der Waals surface area contributed by atoms with Crippen LogP contribution < -0.4 is 10.6 Å². The molecule has 1 atom stereocenters. The molecule has 0 saturated heterocycles. The van der Waals surface area contributed by atoms with Crippen molar-refractivity contribution in [3.8, 4) is 0 Å². The van der Waals surface area contributed by atoms with Crippen LogP contribution in [-0.2, 0) is 16.6 Å². The summed E-state index contributed by atoms with van der Waals surface area (Å²) in [5.74, 6) is 2.58. The summed E-state index contributed by atoms with van der Waals surface area (Å²) in [6, 6.07) is 9.94. The van der Waals surface area contributed by atoms with Gasteiger partial charge < -0.3 is 10.6 Å². The average molecular weight is 423 g/mol. The molecule has 0 fully saturated rings. The van der Waals surface area contributed by atoms with Gasteiger partial charge in [-0.15, -0.1) is 24.0 Å². The van der Waals surface area contributed by atoms with Crippen LogP contribution >= 0.6 is 24.0 Å². The Morgan fingerprint density at radius 3 is 2.48 bits per heavy atom. The topological polar surface area (TPSA) is 53.5 Å². The summed E-state index contributed by atoms with van der Waals surface area (Å²) in [6.45, 7) is 5.84. The van der Waals surface area contributed by atoms with Crippen LogP contribution in [-0.4, -0.2) is 36.1 Å². The van der Waals surface area contributed by atoms with Gasteiger partial charge in [-0.25, -0.2) is 0 Å². The highest BCUT2D eigenvalue weighted by atomic mass is 127. The number of aliphatic imine (C=N–C) groups is 1. The van der Waals surface area contributed by atoms with Crippen molar-refractivity contribution in [1.29, 1.82) is 0 Å². The predicted molar refractivity (Wildman–Crippen MR) is 103 cm³/mol. The second-order valence-corrected chi connectivity index (χ2v) is 6.62. The maximum atomic E-state index is 12.0. The first-order chi connectivity index (χ1) is 9.61. The number of nitrogens with zero attached hydrogens (tertiary/aromatic N) is 1. The highest BCUT2D eigenvalue weighted by Crippen LogP contribution is 2.02. The van der Waals surface area contributed by atoms with Crippen LogP contribution in [0.4, 0.5) is 0 Å². The summed E-state index contributed by atoms with van der Waals surface area (Å²) >= 11 is 0. The fraction of sp³-hybridized carbons (Fsp3) is 0.533. The van der Waals surface area contributed by atoms with Gasteiger partial charge in [0, 0.05) is 42.4 Å². The molecule has 6 heteroatoms. The minimum atomic E-state index is -0.847. The second kappa shape index (κ2) is 12.0. The molecule has 0 aliphatic carbocycles. The molecule has 0 bridgehead atoms. The van der Waals surface area contributed by atoms with Crippen LogP contribution in [0.3, 0.4) is 0 Å². The maximum Gasteiger partial charge on any atom is 0.191 e. The third kappa shape index (κ3) is 9.84. The monoisotopic (exact) mass is 423 g/mol. The Bertz CT molecular complexity index is 438. The highest BCUT2D eigenvalue weighted by Gasteiger charge is 2.03. The SMILES string of the molecule is CN=C(NCCS(=O)Cc1ccccc1)NCC(C)C.I. The van der Waals surface area contributed by atoms with Crippen molar-refractivity contribution in [3.63, 3.8) is 0 Å². The first kappa shape index (κ1) is 20.4. The molecule has 0 aromatic heterocycles. The van der Waals surface area contributed by atoms with Crippen LogP contribution in [0.5, 0.6) is 0 Å². The lowest BCUT2D eigenvalue weighted by Gasteiger charge is -2.13. The summed E-state index contributed by atoms with van der Waals surface area (Å²) in [5.41, 5.74) is 1.12. The van der Waals surface area contributed by atoms with Crippen molar-refractivity contribution in [2.75, 3.05) is 25.9 Å². The molecular weight excluding hydrogens is 397 g/mol. The largest absolute Gasteiger partial charge is 0.356 e. The fourth-order valence-electron chi connectivity index (χ4n) is 1.64. The Morgan fingerprint density at radius 2 is 1.90 bits per heavy atom. The van der Waals surface area contributed by atoms with Gasteiger partial charge in [0.25, 0.3) is 0 Å². The van der Waals surface area contributed by atoms with Crippen molar-refractivity contribution in [2.24, 2.45) is 10.9 Å². The highest BCUT2D eigenvalue weighted by molar-refractivity contribution is 14.0. The van der Waals surface area contributed by atoms with Gasteiger partial charge in [-0.2, -0.15) is 0 Å². The molecule has 1 aromatic carbocycles. The van der Waals surface area contributed by atoms with Gasteiger partial charge in [0.15, 0.2) is 5.96 Å². The van der Waals surface area contributed by atoms with Crippen LogP contribution in [0.2, 0.25) is 0 Å². The van der Waals surface area contributed by atoms with E-state index >= 15 is 0 Å². The molecule has 21 heavy (non-hydrogen) atoms. The second-order valence-electron chi connectivity index (χ2n) is 5.05. The minimum absolute atomic E-state index is 0. The van der Waals surface area contributed by atoms with E-state index in [0.717, 1.165) is 18.1 Å². The van der Waals surface area contributed by atoms with Gasteiger partial charge in [0.05, 0.1) is 0 Å². The Morgan fingerprint density at radius 1 is 1.24 bits per heavy atom. The quantitative estimate of drug-likeness (QED) is 0.402. The third-order valence-corrected chi connectivity index (χ3v) is 4.01. The molecule has 0 aliphatic heterocycles. The average Bonchev–Trinajstić information content (AvgIpc) is 2.43. The van der Waals surface area contributed by atoms with E-state index in [1.165, 1.54) is 0 Å². The molecule has 0 amide bonds. The molecule has 1 rings (SSSR count). The van der Waals surface area contributed by atoms with Crippen molar-refractivity contribution in [1.82, 2.24) is 10.6 Å². The molecule has 0 aliphatic rings. The van der Waals surface area contributed by atoms with E-state index in [9.17, 15) is 4.21 Å². The van der Waals surface area contributed by atoms with E-state index in [2.05, 4.69) is 29.5 Å². The lowest BCUT2D eigenvalue weighted by molar-refractivity contribution is 0.616. The molecule has 1 aromatic rings. The zero-order valence-corrected chi connectivity index (χ0v) is 16.1. The van der Waals surface area contributed by atoms with E-state index in [4.69, 9.17) is 0 Å². The van der Waals surface area contributed by atoms with Crippen molar-refractivity contribution < 1.29 is 4.21 Å². The third-order valence-electron chi connectivity index (χ3n) is 2.69. The molecule has 0 spiro atoms. The maximum absolute atomic E-state index is 12.0. The Hall–Kier alpha value is -0.630. The Labute approximate surface area is 147 Å². The van der Waals surface area contributed by atoms with E-state index in [1.54, 1.807) is 7.05 Å². The van der Waals surface area contributed by atoms with Gasteiger partial charge in [-0.3, -0.25) is 9.20 Å². The summed E-state index contributed by atoms with van der Waals surface area (Å²) in [6.07, 6.45) is 0. The number of benzene rings is 1. The molecule has 120 valence electrons. The molecule has 0 radical (unpaired) electrons. The summed E-state index contributed by atoms with van der Waals surface area (Å²) < 4.78 is 12.0. The zero-order chi connectivity index (χ0) is 14.8. The van der Waals surface area contributed by atoms with E-state index in [0.29, 0.717) is 24.0 Å². The first-order valence-corrected chi connectivity index (χ1v) is 8.44. The van der Waals surface area contributed by atoms with Crippen LogP contribution in [0, 0.1) is 5.92 Å². The van der Waals surface area contributed by atoms with E-state index in [1.807, 2.05) is 30.3 Å². The van der Waals surface area contributed by atoms with Crippen molar-refractivity contribution in [2.45, 2.75) is 19.6 Å². The first-order valence-electron chi connectivity index (χ1n) is 6.95. The van der Waals surface area contributed by atoms with E-state index < -0.39 is 10.8 Å². The normalized spacial score (nSPS) is 12.7. The van der Waals surface area contributed by atoms with Gasteiger partial charge >= 0.3 is 0 Å². The Balaban J connectivity index is 0.00000400. The van der Waals surface area contributed by atoms with Crippen LogP contribution in [0.25, 0.3) is 0 Å². The van der Waals surface area contributed by atoms with Crippen molar-refractivity contribution >= 4 is 40.7 Å². The number of rotatable bonds is 7. The number of hydrogen-bond donors (Lipinski definition) is 2. The van der Waals surface area contributed by atoms with Gasteiger partial charge in [-0.05, 0) is 11.5 Å². The standard InChI is InChI=1S/C15H25N3OS.HI/c1-13(2)11-18-15(16-3)17-9-10-20(19)12-14-7-5-4-6-8-14;/h4-8,13H,9-12H2,1-3H3,(H2,16,17,18);1H. The van der Waals surface area contributed by atoms with E-state index in [-0.39, 0.29) is 24.0 Å². The van der Waals surface area contributed by atoms with Crippen molar-refractivity contribution in [3.05, 3.63) is 35.9 Å². The summed E-state index contributed by atoms with van der Waals surface area (Å²) in [7, 11) is 0.899. The smallest absolute Gasteiger partial charge is 0.191 e. The zero-order valence-electron chi connectivity index (χ0n) is 13.0. The number of hydrogen-bond acceptors (Lipinski definition) is 2. The van der Waals surface area contributed by atoms with Gasteiger partial charge in [-0.1, -0.05) is 44.2 Å². The summed E-state index contributed by atoms with van der Waals surface area (Å²) in [4.78, 5) is 4.14. The molecule has 0 heterocycles. The fourth-order valence-corrected chi connectivity index (χ4v) is 2.68. The van der Waals surface area contributed by atoms with Gasteiger partial charge in [0.1, 0.15) is 0 Å². The van der Waals surface area contributed by atoms with Gasteiger partial charge in [0.2, 0.25) is 0 Å².